The average molecular weight is 341 g/mol. The zero-order chi connectivity index (χ0) is 18.2. The second-order valence-electron chi connectivity index (χ2n) is 5.79. The molecule has 0 atom stereocenters. The van der Waals surface area contributed by atoms with Crippen molar-refractivity contribution in [3.8, 4) is 23.0 Å². The highest BCUT2D eigenvalue weighted by molar-refractivity contribution is 5.97. The molecule has 3 heteroatoms. The van der Waals surface area contributed by atoms with Gasteiger partial charge >= 0.3 is 5.97 Å². The molecule has 0 spiro atoms. The van der Waals surface area contributed by atoms with Crippen molar-refractivity contribution in [2.45, 2.75) is 6.54 Å². The van der Waals surface area contributed by atoms with Crippen molar-refractivity contribution in [1.82, 2.24) is 5.32 Å². The summed E-state index contributed by atoms with van der Waals surface area (Å²) in [5, 5.41) is 12.8. The van der Waals surface area contributed by atoms with Gasteiger partial charge in [-0.15, -0.1) is 0 Å². The van der Waals surface area contributed by atoms with Crippen LogP contribution in [0.4, 0.5) is 0 Å². The van der Waals surface area contributed by atoms with Gasteiger partial charge in [0.2, 0.25) is 0 Å². The Morgan fingerprint density at radius 1 is 0.885 bits per heavy atom. The van der Waals surface area contributed by atoms with Crippen LogP contribution >= 0.6 is 0 Å². The molecule has 3 rings (SSSR count). The first-order valence-corrected chi connectivity index (χ1v) is 8.41. The molecule has 3 aromatic rings. The van der Waals surface area contributed by atoms with Crippen molar-refractivity contribution >= 4 is 5.97 Å². The van der Waals surface area contributed by atoms with E-state index in [1.165, 1.54) is 5.56 Å². The number of nitrogens with one attached hydrogen (secondary N) is 1. The minimum absolute atomic E-state index is 0.264. The number of aromatic carboxylic acids is 1. The van der Waals surface area contributed by atoms with E-state index < -0.39 is 5.97 Å². The minimum atomic E-state index is -0.949. The fourth-order valence-electron chi connectivity index (χ4n) is 2.76. The highest BCUT2D eigenvalue weighted by Gasteiger charge is 2.14. The summed E-state index contributed by atoms with van der Waals surface area (Å²) in [6.07, 6.45) is 0. The molecule has 0 bridgehead atoms. The lowest BCUT2D eigenvalue weighted by molar-refractivity contribution is 0.0697. The maximum Gasteiger partial charge on any atom is 0.336 e. The SMILES string of the molecule is O=C(O)c1cccc(C#CCNCc2ccccc2)c1-c1ccccc1. The van der Waals surface area contributed by atoms with Crippen molar-refractivity contribution in [3.05, 3.63) is 95.6 Å². The summed E-state index contributed by atoms with van der Waals surface area (Å²) in [7, 11) is 0. The summed E-state index contributed by atoms with van der Waals surface area (Å²) in [4.78, 5) is 11.6. The molecule has 0 fully saturated rings. The van der Waals surface area contributed by atoms with Gasteiger partial charge in [-0.25, -0.2) is 4.79 Å². The van der Waals surface area contributed by atoms with Gasteiger partial charge in [0.05, 0.1) is 12.1 Å². The molecule has 0 aliphatic heterocycles. The molecule has 26 heavy (non-hydrogen) atoms. The molecule has 0 heterocycles. The van der Waals surface area contributed by atoms with Gasteiger partial charge in [-0.05, 0) is 23.3 Å². The number of hydrogen-bond acceptors (Lipinski definition) is 2. The number of benzene rings is 3. The van der Waals surface area contributed by atoms with E-state index in [2.05, 4.69) is 29.3 Å². The molecule has 3 nitrogen and oxygen atoms in total. The molecule has 0 saturated carbocycles. The average Bonchev–Trinajstić information content (AvgIpc) is 2.69. The molecule has 0 radical (unpaired) electrons. The summed E-state index contributed by atoms with van der Waals surface area (Å²) in [5.74, 6) is 5.26. The standard InChI is InChI=1S/C23H19NO2/c25-23(26)21-15-7-13-20(22(21)19-11-5-2-6-12-19)14-8-16-24-17-18-9-3-1-4-10-18/h1-7,9-13,15,24H,16-17H2,(H,25,26). The van der Waals surface area contributed by atoms with E-state index in [0.29, 0.717) is 12.1 Å². The lowest BCUT2D eigenvalue weighted by Crippen LogP contribution is -2.13. The Morgan fingerprint density at radius 3 is 2.27 bits per heavy atom. The number of rotatable bonds is 5. The lowest BCUT2D eigenvalue weighted by Gasteiger charge is -2.09. The Bertz CT molecular complexity index is 938. The zero-order valence-electron chi connectivity index (χ0n) is 14.3. The van der Waals surface area contributed by atoms with Gasteiger partial charge in [-0.2, -0.15) is 0 Å². The molecule has 128 valence electrons. The van der Waals surface area contributed by atoms with Crippen LogP contribution in [0.25, 0.3) is 11.1 Å². The van der Waals surface area contributed by atoms with E-state index >= 15 is 0 Å². The normalized spacial score (nSPS) is 10.0. The van der Waals surface area contributed by atoms with Gasteiger partial charge in [-0.1, -0.05) is 78.6 Å². The first kappa shape index (κ1) is 17.5. The number of carboxylic acid groups (broad SMARTS) is 1. The monoisotopic (exact) mass is 341 g/mol. The maximum absolute atomic E-state index is 11.6. The molecular weight excluding hydrogens is 322 g/mol. The molecular formula is C23H19NO2. The predicted molar refractivity (Wildman–Crippen MR) is 104 cm³/mol. The Hall–Kier alpha value is -3.35. The lowest BCUT2D eigenvalue weighted by atomic mass is 9.94. The summed E-state index contributed by atoms with van der Waals surface area (Å²) in [6.45, 7) is 1.27. The summed E-state index contributed by atoms with van der Waals surface area (Å²) in [6, 6.07) is 24.8. The highest BCUT2D eigenvalue weighted by atomic mass is 16.4. The van der Waals surface area contributed by atoms with Crippen LogP contribution in [0.3, 0.4) is 0 Å². The Morgan fingerprint density at radius 2 is 1.58 bits per heavy atom. The highest BCUT2D eigenvalue weighted by Crippen LogP contribution is 2.27. The van der Waals surface area contributed by atoms with E-state index in [4.69, 9.17) is 0 Å². The zero-order valence-corrected chi connectivity index (χ0v) is 14.3. The van der Waals surface area contributed by atoms with Gasteiger partial charge in [0.25, 0.3) is 0 Å². The van der Waals surface area contributed by atoms with Crippen molar-refractivity contribution in [3.63, 3.8) is 0 Å². The second kappa shape index (κ2) is 8.66. The van der Waals surface area contributed by atoms with Gasteiger partial charge in [0.1, 0.15) is 0 Å². The topological polar surface area (TPSA) is 49.3 Å². The fourth-order valence-corrected chi connectivity index (χ4v) is 2.76. The van der Waals surface area contributed by atoms with Crippen LogP contribution in [-0.2, 0) is 6.54 Å². The Balaban J connectivity index is 1.80. The van der Waals surface area contributed by atoms with Gasteiger partial charge in [0, 0.05) is 17.7 Å². The van der Waals surface area contributed by atoms with Gasteiger partial charge < -0.3 is 10.4 Å². The smallest absolute Gasteiger partial charge is 0.336 e. The largest absolute Gasteiger partial charge is 0.478 e. The number of hydrogen-bond donors (Lipinski definition) is 2. The molecule has 3 aromatic carbocycles. The third-order valence-corrected chi connectivity index (χ3v) is 3.97. The van der Waals surface area contributed by atoms with Crippen LogP contribution in [0.2, 0.25) is 0 Å². The number of carbonyl (C=O) groups is 1. The molecule has 0 unspecified atom stereocenters. The van der Waals surface area contributed by atoms with E-state index in [1.807, 2.05) is 54.6 Å². The van der Waals surface area contributed by atoms with E-state index in [0.717, 1.165) is 17.7 Å². The van der Waals surface area contributed by atoms with E-state index in [1.54, 1.807) is 12.1 Å². The summed E-state index contributed by atoms with van der Waals surface area (Å²) >= 11 is 0. The molecule has 2 N–H and O–H groups in total. The van der Waals surface area contributed by atoms with Crippen LogP contribution in [0.15, 0.2) is 78.9 Å². The van der Waals surface area contributed by atoms with Crippen LogP contribution < -0.4 is 5.32 Å². The van der Waals surface area contributed by atoms with Gasteiger partial charge in [-0.3, -0.25) is 0 Å². The Kier molecular flexibility index (Phi) is 5.82. The van der Waals surface area contributed by atoms with Crippen molar-refractivity contribution < 1.29 is 9.90 Å². The van der Waals surface area contributed by atoms with Crippen LogP contribution in [0.1, 0.15) is 21.5 Å². The van der Waals surface area contributed by atoms with E-state index in [9.17, 15) is 9.90 Å². The molecule has 0 amide bonds. The molecule has 0 aliphatic carbocycles. The van der Waals surface area contributed by atoms with Crippen molar-refractivity contribution in [2.75, 3.05) is 6.54 Å². The first-order chi connectivity index (χ1) is 12.8. The molecule has 0 saturated heterocycles. The maximum atomic E-state index is 11.6. The summed E-state index contributed by atoms with van der Waals surface area (Å²) < 4.78 is 0. The number of carboxylic acids is 1. The van der Waals surface area contributed by atoms with E-state index in [-0.39, 0.29) is 5.56 Å². The predicted octanol–water partition coefficient (Wildman–Crippen LogP) is 4.19. The fraction of sp³-hybridized carbons (Fsp3) is 0.0870. The van der Waals surface area contributed by atoms with Crippen molar-refractivity contribution in [1.29, 1.82) is 0 Å². The minimum Gasteiger partial charge on any atom is -0.478 e. The van der Waals surface area contributed by atoms with Gasteiger partial charge in [0.15, 0.2) is 0 Å². The third kappa shape index (κ3) is 4.38. The van der Waals surface area contributed by atoms with Crippen LogP contribution in [0, 0.1) is 11.8 Å². The Labute approximate surface area is 153 Å². The molecule has 0 aromatic heterocycles. The van der Waals surface area contributed by atoms with Crippen LogP contribution in [-0.4, -0.2) is 17.6 Å². The van der Waals surface area contributed by atoms with Crippen LogP contribution in [0.5, 0.6) is 0 Å². The first-order valence-electron chi connectivity index (χ1n) is 8.41. The third-order valence-electron chi connectivity index (χ3n) is 3.97. The second-order valence-corrected chi connectivity index (χ2v) is 5.79. The van der Waals surface area contributed by atoms with Crippen molar-refractivity contribution in [2.24, 2.45) is 0 Å². The summed E-state index contributed by atoms with van der Waals surface area (Å²) in [5.41, 5.74) is 3.70. The quantitative estimate of drug-likeness (QED) is 0.540. The molecule has 0 aliphatic rings.